The van der Waals surface area contributed by atoms with E-state index in [1.807, 2.05) is 20.8 Å². The number of hydrogen-bond acceptors (Lipinski definition) is 5. The Balaban J connectivity index is 2.14. The predicted molar refractivity (Wildman–Crippen MR) is 64.3 cm³/mol. The number of nitrogens with zero attached hydrogens (tertiary/aromatic N) is 2. The zero-order valence-electron chi connectivity index (χ0n) is 11.0. The first-order valence-corrected chi connectivity index (χ1v) is 6.19. The monoisotopic (exact) mass is 253 g/mol. The molecule has 1 aromatic rings. The summed E-state index contributed by atoms with van der Waals surface area (Å²) in [5, 5.41) is 10.5. The van der Waals surface area contributed by atoms with Crippen molar-refractivity contribution in [3.8, 4) is 0 Å². The predicted octanol–water partition coefficient (Wildman–Crippen LogP) is 1.65. The van der Waals surface area contributed by atoms with Crippen molar-refractivity contribution in [1.29, 1.82) is 0 Å². The highest BCUT2D eigenvalue weighted by molar-refractivity contribution is 5.88. The normalized spacial score (nSPS) is 17.7. The Labute approximate surface area is 106 Å². The summed E-state index contributed by atoms with van der Waals surface area (Å²) in [4.78, 5) is 12.0. The van der Waals surface area contributed by atoms with Crippen LogP contribution in [-0.2, 0) is 9.47 Å². The van der Waals surface area contributed by atoms with Crippen LogP contribution in [0.25, 0.3) is 0 Å². The third-order valence-electron chi connectivity index (χ3n) is 2.78. The van der Waals surface area contributed by atoms with Crippen molar-refractivity contribution in [3.05, 3.63) is 11.4 Å². The molecule has 1 aromatic heterocycles. The molecule has 2 heterocycles. The van der Waals surface area contributed by atoms with E-state index in [2.05, 4.69) is 15.4 Å². The second kappa shape index (κ2) is 5.06. The number of aromatic nitrogens is 3. The molecule has 1 saturated heterocycles. The number of carbonyl (C=O) groups is 1. The smallest absolute Gasteiger partial charge is 0.361 e. The van der Waals surface area contributed by atoms with E-state index in [1.54, 1.807) is 0 Å². The van der Waals surface area contributed by atoms with Gasteiger partial charge in [-0.25, -0.2) is 4.79 Å². The zero-order chi connectivity index (χ0) is 13.2. The summed E-state index contributed by atoms with van der Waals surface area (Å²) in [6.07, 6.45) is 1.73. The Bertz CT molecular complexity index is 416. The summed E-state index contributed by atoms with van der Waals surface area (Å²) in [6.45, 7) is 6.90. The second-order valence-corrected chi connectivity index (χ2v) is 5.45. The van der Waals surface area contributed by atoms with Crippen LogP contribution < -0.4 is 0 Å². The van der Waals surface area contributed by atoms with E-state index in [-0.39, 0.29) is 5.92 Å². The van der Waals surface area contributed by atoms with Crippen molar-refractivity contribution in [2.75, 3.05) is 13.2 Å². The van der Waals surface area contributed by atoms with Crippen molar-refractivity contribution in [2.24, 2.45) is 0 Å². The molecule has 0 amide bonds. The third kappa shape index (κ3) is 3.07. The average Bonchev–Trinajstić information content (AvgIpc) is 2.76. The van der Waals surface area contributed by atoms with Crippen LogP contribution in [0.1, 0.15) is 55.7 Å². The van der Waals surface area contributed by atoms with E-state index in [1.165, 1.54) is 0 Å². The van der Waals surface area contributed by atoms with Crippen LogP contribution in [0.5, 0.6) is 0 Å². The van der Waals surface area contributed by atoms with Crippen molar-refractivity contribution in [3.63, 3.8) is 0 Å². The van der Waals surface area contributed by atoms with E-state index in [4.69, 9.17) is 9.47 Å². The maximum Gasteiger partial charge on any atom is 0.361 e. The van der Waals surface area contributed by atoms with Crippen molar-refractivity contribution in [2.45, 2.75) is 45.1 Å². The van der Waals surface area contributed by atoms with E-state index in [9.17, 15) is 4.79 Å². The molecular formula is C12H19N3O3. The molecule has 100 valence electrons. The highest BCUT2D eigenvalue weighted by Gasteiger charge is 2.28. The third-order valence-corrected chi connectivity index (χ3v) is 2.78. The maximum atomic E-state index is 12.0. The van der Waals surface area contributed by atoms with Crippen molar-refractivity contribution >= 4 is 5.97 Å². The highest BCUT2D eigenvalue weighted by atomic mass is 16.6. The Hall–Kier alpha value is -1.43. The van der Waals surface area contributed by atoms with Gasteiger partial charge in [0.05, 0.1) is 0 Å². The van der Waals surface area contributed by atoms with Gasteiger partial charge < -0.3 is 9.47 Å². The fraction of sp³-hybridized carbons (Fsp3) is 0.750. The molecule has 6 heteroatoms. The van der Waals surface area contributed by atoms with Crippen LogP contribution in [-0.4, -0.2) is 40.2 Å². The molecule has 0 aromatic carbocycles. The number of H-pyrrole nitrogens is 1. The van der Waals surface area contributed by atoms with E-state index >= 15 is 0 Å². The van der Waals surface area contributed by atoms with Gasteiger partial charge in [0.2, 0.25) is 0 Å². The average molecular weight is 253 g/mol. The number of nitrogens with one attached hydrogen (secondary N) is 1. The molecule has 1 fully saturated rings. The molecule has 0 aliphatic carbocycles. The SMILES string of the molecule is CC(C)(C)OC(=O)c1n[nH]nc1C1CCOCC1. The summed E-state index contributed by atoms with van der Waals surface area (Å²) in [7, 11) is 0. The van der Waals surface area contributed by atoms with Gasteiger partial charge in [-0.3, -0.25) is 0 Å². The van der Waals surface area contributed by atoms with Crippen LogP contribution in [0.2, 0.25) is 0 Å². The van der Waals surface area contributed by atoms with Crippen LogP contribution in [0, 0.1) is 0 Å². The fourth-order valence-corrected chi connectivity index (χ4v) is 1.97. The van der Waals surface area contributed by atoms with Crippen LogP contribution >= 0.6 is 0 Å². The molecule has 0 saturated carbocycles. The minimum absolute atomic E-state index is 0.222. The summed E-state index contributed by atoms with van der Waals surface area (Å²) < 4.78 is 10.6. The lowest BCUT2D eigenvalue weighted by Gasteiger charge is -2.22. The second-order valence-electron chi connectivity index (χ2n) is 5.45. The highest BCUT2D eigenvalue weighted by Crippen LogP contribution is 2.27. The van der Waals surface area contributed by atoms with Gasteiger partial charge in [-0.2, -0.15) is 10.3 Å². The van der Waals surface area contributed by atoms with Crippen LogP contribution in [0.4, 0.5) is 0 Å². The molecule has 0 unspecified atom stereocenters. The van der Waals surface area contributed by atoms with Gasteiger partial charge in [0, 0.05) is 19.1 Å². The first-order valence-electron chi connectivity index (χ1n) is 6.19. The Morgan fingerprint density at radius 1 is 1.33 bits per heavy atom. The van der Waals surface area contributed by atoms with E-state index < -0.39 is 11.6 Å². The molecule has 18 heavy (non-hydrogen) atoms. The number of aromatic amines is 1. The van der Waals surface area contributed by atoms with Gasteiger partial charge >= 0.3 is 5.97 Å². The first kappa shape index (κ1) is 13.0. The van der Waals surface area contributed by atoms with Gasteiger partial charge in [0.15, 0.2) is 5.69 Å². The van der Waals surface area contributed by atoms with Gasteiger partial charge in [-0.15, -0.1) is 5.10 Å². The lowest BCUT2D eigenvalue weighted by atomic mass is 9.95. The van der Waals surface area contributed by atoms with E-state index in [0.717, 1.165) is 12.8 Å². The molecule has 0 bridgehead atoms. The van der Waals surface area contributed by atoms with E-state index in [0.29, 0.717) is 24.6 Å². The fourth-order valence-electron chi connectivity index (χ4n) is 1.97. The Morgan fingerprint density at radius 3 is 2.61 bits per heavy atom. The molecule has 1 aliphatic rings. The van der Waals surface area contributed by atoms with Gasteiger partial charge in [-0.1, -0.05) is 0 Å². The molecule has 2 rings (SSSR count). The first-order chi connectivity index (χ1) is 8.47. The Morgan fingerprint density at radius 2 is 2.00 bits per heavy atom. The molecular weight excluding hydrogens is 234 g/mol. The summed E-state index contributed by atoms with van der Waals surface area (Å²) in [5.74, 6) is -0.197. The number of rotatable bonds is 2. The summed E-state index contributed by atoms with van der Waals surface area (Å²) >= 11 is 0. The van der Waals surface area contributed by atoms with Gasteiger partial charge in [0.1, 0.15) is 11.3 Å². The molecule has 6 nitrogen and oxygen atoms in total. The summed E-state index contributed by atoms with van der Waals surface area (Å²) in [6, 6.07) is 0. The number of esters is 1. The quantitative estimate of drug-likeness (QED) is 0.811. The molecule has 0 spiro atoms. The van der Waals surface area contributed by atoms with Crippen molar-refractivity contribution < 1.29 is 14.3 Å². The maximum absolute atomic E-state index is 12.0. The van der Waals surface area contributed by atoms with Crippen LogP contribution in [0.3, 0.4) is 0 Å². The number of ether oxygens (including phenoxy) is 2. The number of carbonyl (C=O) groups excluding carboxylic acids is 1. The molecule has 1 aliphatic heterocycles. The van der Waals surface area contributed by atoms with Gasteiger partial charge in [0.25, 0.3) is 0 Å². The topological polar surface area (TPSA) is 77.1 Å². The lowest BCUT2D eigenvalue weighted by Crippen LogP contribution is -2.25. The van der Waals surface area contributed by atoms with Gasteiger partial charge in [-0.05, 0) is 33.6 Å². The van der Waals surface area contributed by atoms with Crippen LogP contribution in [0.15, 0.2) is 0 Å². The number of hydrogen-bond donors (Lipinski definition) is 1. The standard InChI is InChI=1S/C12H19N3O3/c1-12(2,3)18-11(16)10-9(13-15-14-10)8-4-6-17-7-5-8/h8H,4-7H2,1-3H3,(H,13,14,15). The largest absolute Gasteiger partial charge is 0.455 e. The molecule has 0 radical (unpaired) electrons. The van der Waals surface area contributed by atoms with Crippen molar-refractivity contribution in [1.82, 2.24) is 15.4 Å². The minimum Gasteiger partial charge on any atom is -0.455 e. The zero-order valence-corrected chi connectivity index (χ0v) is 11.0. The molecule has 1 N–H and O–H groups in total. The summed E-state index contributed by atoms with van der Waals surface area (Å²) in [5.41, 5.74) is 0.479. The molecule has 0 atom stereocenters. The Kier molecular flexibility index (Phi) is 3.65. The minimum atomic E-state index is -0.525. The lowest BCUT2D eigenvalue weighted by molar-refractivity contribution is 0.00591.